The molecule has 0 aromatic carbocycles. The second-order valence-electron chi connectivity index (χ2n) is 5.26. The summed E-state index contributed by atoms with van der Waals surface area (Å²) in [6, 6.07) is -0.594. The zero-order valence-electron chi connectivity index (χ0n) is 12.1. The van der Waals surface area contributed by atoms with Crippen LogP contribution >= 0.6 is 0 Å². The molecule has 3 atom stereocenters. The first-order valence-corrected chi connectivity index (χ1v) is 7.48. The van der Waals surface area contributed by atoms with Crippen LogP contribution in [-0.4, -0.2) is 58.9 Å². The smallest absolute Gasteiger partial charge is 0.237 e. The van der Waals surface area contributed by atoms with Gasteiger partial charge in [0.25, 0.3) is 0 Å². The van der Waals surface area contributed by atoms with Crippen LogP contribution in [0.25, 0.3) is 0 Å². The van der Waals surface area contributed by atoms with E-state index in [0.29, 0.717) is 13.0 Å². The highest BCUT2D eigenvalue weighted by Gasteiger charge is 2.42. The van der Waals surface area contributed by atoms with Crippen LogP contribution < -0.4 is 5.32 Å². The quantitative estimate of drug-likeness (QED) is 0.563. The highest BCUT2D eigenvalue weighted by atomic mass is 16.3. The molecule has 19 heavy (non-hydrogen) atoms. The number of amides is 1. The van der Waals surface area contributed by atoms with Gasteiger partial charge in [0.1, 0.15) is 0 Å². The monoisotopic (exact) mass is 272 g/mol. The number of likely N-dealkylation sites (tertiary alicyclic amines) is 1. The first-order valence-electron chi connectivity index (χ1n) is 7.48. The van der Waals surface area contributed by atoms with Gasteiger partial charge in [-0.05, 0) is 26.3 Å². The van der Waals surface area contributed by atoms with Crippen molar-refractivity contribution in [3.63, 3.8) is 0 Å². The number of aliphatic hydroxyl groups is 2. The van der Waals surface area contributed by atoms with E-state index in [1.54, 1.807) is 0 Å². The number of unbranched alkanes of at least 4 members (excludes halogenated alkanes) is 3. The molecule has 0 aromatic rings. The van der Waals surface area contributed by atoms with E-state index in [1.807, 2.05) is 11.8 Å². The fourth-order valence-electron chi connectivity index (χ4n) is 2.79. The lowest BCUT2D eigenvalue weighted by molar-refractivity contribution is -0.126. The molecule has 1 aliphatic heterocycles. The molecule has 1 heterocycles. The van der Waals surface area contributed by atoms with Gasteiger partial charge in [0, 0.05) is 6.54 Å². The summed E-state index contributed by atoms with van der Waals surface area (Å²) in [4.78, 5) is 14.0. The molecule has 1 rings (SSSR count). The number of hydrogen-bond acceptors (Lipinski definition) is 4. The van der Waals surface area contributed by atoms with Gasteiger partial charge in [0.2, 0.25) is 5.91 Å². The highest BCUT2D eigenvalue weighted by molar-refractivity contribution is 5.82. The Morgan fingerprint density at radius 2 is 2.05 bits per heavy atom. The van der Waals surface area contributed by atoms with Gasteiger partial charge in [-0.25, -0.2) is 0 Å². The number of aliphatic hydroxyl groups excluding tert-OH is 2. The maximum atomic E-state index is 12.0. The molecular formula is C14H28N2O3. The minimum Gasteiger partial charge on any atom is -0.395 e. The van der Waals surface area contributed by atoms with E-state index in [9.17, 15) is 15.0 Å². The van der Waals surface area contributed by atoms with Crippen molar-refractivity contribution in [1.82, 2.24) is 10.2 Å². The van der Waals surface area contributed by atoms with Crippen LogP contribution in [0.5, 0.6) is 0 Å². The van der Waals surface area contributed by atoms with Crippen molar-refractivity contribution in [3.05, 3.63) is 0 Å². The van der Waals surface area contributed by atoms with E-state index in [1.165, 1.54) is 12.8 Å². The average molecular weight is 272 g/mol. The van der Waals surface area contributed by atoms with Crippen molar-refractivity contribution in [2.45, 2.75) is 64.1 Å². The van der Waals surface area contributed by atoms with Gasteiger partial charge in [-0.15, -0.1) is 0 Å². The fourth-order valence-corrected chi connectivity index (χ4v) is 2.79. The van der Waals surface area contributed by atoms with Gasteiger partial charge in [0.15, 0.2) is 0 Å². The van der Waals surface area contributed by atoms with Crippen molar-refractivity contribution >= 4 is 5.91 Å². The van der Waals surface area contributed by atoms with Crippen LogP contribution in [-0.2, 0) is 4.79 Å². The summed E-state index contributed by atoms with van der Waals surface area (Å²) >= 11 is 0. The number of likely N-dealkylation sites (N-methyl/N-ethyl adjacent to an activating group) is 1. The fraction of sp³-hybridized carbons (Fsp3) is 0.929. The SMILES string of the molecule is CCCCCCN1[C@@H](C(=O)NCC)C[C@H](O)[C@H]1CO. The van der Waals surface area contributed by atoms with Crippen LogP contribution in [0.4, 0.5) is 0 Å². The first kappa shape index (κ1) is 16.4. The Hall–Kier alpha value is -0.650. The van der Waals surface area contributed by atoms with Crippen molar-refractivity contribution in [2.75, 3.05) is 19.7 Å². The molecule has 1 fully saturated rings. The van der Waals surface area contributed by atoms with Crippen molar-refractivity contribution in [1.29, 1.82) is 0 Å². The Morgan fingerprint density at radius 3 is 2.63 bits per heavy atom. The number of hydrogen-bond donors (Lipinski definition) is 3. The third kappa shape index (κ3) is 4.44. The topological polar surface area (TPSA) is 72.8 Å². The van der Waals surface area contributed by atoms with Gasteiger partial charge in [0.05, 0.1) is 24.8 Å². The van der Waals surface area contributed by atoms with Gasteiger partial charge < -0.3 is 15.5 Å². The highest BCUT2D eigenvalue weighted by Crippen LogP contribution is 2.25. The van der Waals surface area contributed by atoms with E-state index in [4.69, 9.17) is 0 Å². The van der Waals surface area contributed by atoms with Crippen LogP contribution in [0.15, 0.2) is 0 Å². The first-order chi connectivity index (χ1) is 9.15. The normalized spacial score (nSPS) is 27.7. The van der Waals surface area contributed by atoms with E-state index in [-0.39, 0.29) is 24.6 Å². The summed E-state index contributed by atoms with van der Waals surface area (Å²) in [7, 11) is 0. The molecule has 1 saturated heterocycles. The Kier molecular flexibility index (Phi) is 7.34. The summed E-state index contributed by atoms with van der Waals surface area (Å²) < 4.78 is 0. The second kappa shape index (κ2) is 8.51. The van der Waals surface area contributed by atoms with Gasteiger partial charge in [-0.1, -0.05) is 26.2 Å². The van der Waals surface area contributed by atoms with Crippen molar-refractivity contribution in [2.24, 2.45) is 0 Å². The largest absolute Gasteiger partial charge is 0.395 e. The lowest BCUT2D eigenvalue weighted by atomic mass is 10.1. The number of rotatable bonds is 8. The predicted octanol–water partition coefficient (Wildman–Crippen LogP) is 0.499. The van der Waals surface area contributed by atoms with Gasteiger partial charge in [-0.2, -0.15) is 0 Å². The van der Waals surface area contributed by atoms with Crippen LogP contribution in [0, 0.1) is 0 Å². The molecule has 3 N–H and O–H groups in total. The Morgan fingerprint density at radius 1 is 1.32 bits per heavy atom. The lowest BCUT2D eigenvalue weighted by Gasteiger charge is -2.28. The molecule has 0 radical (unpaired) electrons. The van der Waals surface area contributed by atoms with Crippen molar-refractivity contribution in [3.8, 4) is 0 Å². The number of carbonyl (C=O) groups is 1. The van der Waals surface area contributed by atoms with Crippen LogP contribution in [0.2, 0.25) is 0 Å². The lowest BCUT2D eigenvalue weighted by Crippen LogP contribution is -2.48. The molecular weight excluding hydrogens is 244 g/mol. The summed E-state index contributed by atoms with van der Waals surface area (Å²) in [5, 5.41) is 22.2. The second-order valence-corrected chi connectivity index (χ2v) is 5.26. The number of nitrogens with zero attached hydrogens (tertiary/aromatic N) is 1. The molecule has 0 spiro atoms. The van der Waals surface area contributed by atoms with Gasteiger partial charge in [-0.3, -0.25) is 9.69 Å². The zero-order valence-corrected chi connectivity index (χ0v) is 12.1. The van der Waals surface area contributed by atoms with Gasteiger partial charge >= 0.3 is 0 Å². The molecule has 112 valence electrons. The van der Waals surface area contributed by atoms with Crippen LogP contribution in [0.1, 0.15) is 46.0 Å². The third-order valence-corrected chi connectivity index (χ3v) is 3.85. The molecule has 0 aliphatic carbocycles. The van der Waals surface area contributed by atoms with E-state index in [2.05, 4.69) is 12.2 Å². The number of carbonyl (C=O) groups excluding carboxylic acids is 1. The molecule has 0 aromatic heterocycles. The van der Waals surface area contributed by atoms with Crippen LogP contribution in [0.3, 0.4) is 0 Å². The van der Waals surface area contributed by atoms with E-state index in [0.717, 1.165) is 19.4 Å². The van der Waals surface area contributed by atoms with E-state index >= 15 is 0 Å². The van der Waals surface area contributed by atoms with E-state index < -0.39 is 6.10 Å². The Bertz CT molecular complexity index is 273. The molecule has 0 bridgehead atoms. The minimum atomic E-state index is -0.608. The summed E-state index contributed by atoms with van der Waals surface area (Å²) in [5.74, 6) is -0.0343. The minimum absolute atomic E-state index is 0.0343. The third-order valence-electron chi connectivity index (χ3n) is 3.85. The average Bonchev–Trinajstić information content (AvgIpc) is 2.71. The summed E-state index contributed by atoms with van der Waals surface area (Å²) in [5.41, 5.74) is 0. The zero-order chi connectivity index (χ0) is 14.3. The summed E-state index contributed by atoms with van der Waals surface area (Å²) in [6.45, 7) is 5.32. The molecule has 5 nitrogen and oxygen atoms in total. The Balaban J connectivity index is 2.59. The maximum absolute atomic E-state index is 12.0. The Labute approximate surface area is 116 Å². The standard InChI is InChI=1S/C14H28N2O3/c1-3-5-6-7-8-16-11(14(19)15-4-2)9-13(18)12(16)10-17/h11-13,17-18H,3-10H2,1-2H3,(H,15,19)/t11-,12-,13+/m1/s1. The molecule has 5 heteroatoms. The van der Waals surface area contributed by atoms with Crippen molar-refractivity contribution < 1.29 is 15.0 Å². The molecule has 0 unspecified atom stereocenters. The maximum Gasteiger partial charge on any atom is 0.237 e. The summed E-state index contributed by atoms with van der Waals surface area (Å²) in [6.07, 6.45) is 4.31. The molecule has 1 amide bonds. The molecule has 1 aliphatic rings. The predicted molar refractivity (Wildman–Crippen MR) is 74.8 cm³/mol. The number of nitrogens with one attached hydrogen (secondary N) is 1. The molecule has 0 saturated carbocycles.